The minimum Gasteiger partial charge on any atom is -0.497 e. The van der Waals surface area contributed by atoms with Crippen molar-refractivity contribution in [3.05, 3.63) is 90.9 Å². The number of pyridine rings is 1. The van der Waals surface area contributed by atoms with Crippen LogP contribution in [-0.4, -0.2) is 22.6 Å². The zero-order chi connectivity index (χ0) is 19.3. The molecule has 5 nitrogen and oxygen atoms in total. The molecule has 0 fully saturated rings. The van der Waals surface area contributed by atoms with Crippen molar-refractivity contribution in [1.82, 2.24) is 9.55 Å². The van der Waals surface area contributed by atoms with Gasteiger partial charge in [0.15, 0.2) is 0 Å². The molecular weight excluding hydrogens is 350 g/mol. The molecule has 4 aromatic rings. The van der Waals surface area contributed by atoms with Crippen LogP contribution in [0.3, 0.4) is 0 Å². The molecule has 4 rings (SSSR count). The van der Waals surface area contributed by atoms with Gasteiger partial charge in [-0.1, -0.05) is 36.4 Å². The highest BCUT2D eigenvalue weighted by molar-refractivity contribution is 5.93. The van der Waals surface area contributed by atoms with E-state index in [1.54, 1.807) is 13.3 Å². The van der Waals surface area contributed by atoms with E-state index in [-0.39, 0.29) is 11.9 Å². The van der Waals surface area contributed by atoms with E-state index in [1.807, 2.05) is 83.7 Å². The molecule has 140 valence electrons. The number of anilines is 1. The number of hydrogen-bond donors (Lipinski definition) is 1. The van der Waals surface area contributed by atoms with Gasteiger partial charge in [-0.25, -0.2) is 4.98 Å². The van der Waals surface area contributed by atoms with Crippen molar-refractivity contribution in [2.75, 3.05) is 12.4 Å². The summed E-state index contributed by atoms with van der Waals surface area (Å²) in [6, 6.07) is 21.5. The zero-order valence-corrected chi connectivity index (χ0v) is 15.6. The Labute approximate surface area is 163 Å². The molecule has 2 heterocycles. The first-order chi connectivity index (χ1) is 13.7. The van der Waals surface area contributed by atoms with Gasteiger partial charge in [0.2, 0.25) is 5.91 Å². The molecule has 0 aliphatic rings. The number of nitrogens with zero attached hydrogens (tertiary/aromatic N) is 2. The molecule has 5 heteroatoms. The zero-order valence-electron chi connectivity index (χ0n) is 15.6. The monoisotopic (exact) mass is 371 g/mol. The first-order valence-electron chi connectivity index (χ1n) is 9.14. The third kappa shape index (κ3) is 3.88. The molecule has 1 unspecified atom stereocenters. The molecule has 2 aromatic heterocycles. The summed E-state index contributed by atoms with van der Waals surface area (Å²) in [6.07, 6.45) is 6.01. The third-order valence-electron chi connectivity index (χ3n) is 4.77. The van der Waals surface area contributed by atoms with Crippen molar-refractivity contribution < 1.29 is 9.53 Å². The molecule has 2 aromatic carbocycles. The van der Waals surface area contributed by atoms with Crippen LogP contribution in [0.1, 0.15) is 18.0 Å². The van der Waals surface area contributed by atoms with Gasteiger partial charge in [0, 0.05) is 24.0 Å². The van der Waals surface area contributed by atoms with E-state index in [9.17, 15) is 4.79 Å². The Morgan fingerprint density at radius 1 is 1.04 bits per heavy atom. The SMILES string of the molecule is COc1ccc(C(CC(=O)Nc2cc3ccccc3cn2)n2cccc2)cc1. The van der Waals surface area contributed by atoms with Crippen molar-refractivity contribution in [3.8, 4) is 5.75 Å². The van der Waals surface area contributed by atoms with Gasteiger partial charge in [-0.15, -0.1) is 0 Å². The summed E-state index contributed by atoms with van der Waals surface area (Å²) in [7, 11) is 1.64. The van der Waals surface area contributed by atoms with Crippen LogP contribution in [-0.2, 0) is 4.79 Å². The Morgan fingerprint density at radius 3 is 2.46 bits per heavy atom. The number of amides is 1. The lowest BCUT2D eigenvalue weighted by atomic mass is 10.0. The van der Waals surface area contributed by atoms with E-state index in [0.29, 0.717) is 12.2 Å². The molecule has 0 saturated carbocycles. The minimum atomic E-state index is -0.110. The van der Waals surface area contributed by atoms with Crippen molar-refractivity contribution >= 4 is 22.5 Å². The topological polar surface area (TPSA) is 56.1 Å². The van der Waals surface area contributed by atoms with Gasteiger partial charge in [-0.3, -0.25) is 4.79 Å². The van der Waals surface area contributed by atoms with E-state index in [2.05, 4.69) is 10.3 Å². The van der Waals surface area contributed by atoms with E-state index < -0.39 is 0 Å². The quantitative estimate of drug-likeness (QED) is 0.536. The molecule has 0 bridgehead atoms. The van der Waals surface area contributed by atoms with Crippen molar-refractivity contribution in [1.29, 1.82) is 0 Å². The fraction of sp³-hybridized carbons (Fsp3) is 0.130. The van der Waals surface area contributed by atoms with Crippen LogP contribution in [0, 0.1) is 0 Å². The molecular formula is C23H21N3O2. The van der Waals surface area contributed by atoms with Gasteiger partial charge in [-0.2, -0.15) is 0 Å². The number of hydrogen-bond acceptors (Lipinski definition) is 3. The molecule has 1 amide bonds. The highest BCUT2D eigenvalue weighted by Gasteiger charge is 2.18. The maximum Gasteiger partial charge on any atom is 0.227 e. The average Bonchev–Trinajstić information content (AvgIpc) is 3.27. The average molecular weight is 371 g/mol. The molecule has 0 radical (unpaired) electrons. The Hall–Kier alpha value is -3.60. The first-order valence-corrected chi connectivity index (χ1v) is 9.14. The number of carbonyl (C=O) groups is 1. The van der Waals surface area contributed by atoms with Gasteiger partial charge < -0.3 is 14.6 Å². The van der Waals surface area contributed by atoms with Crippen LogP contribution in [0.5, 0.6) is 5.75 Å². The number of carbonyl (C=O) groups excluding carboxylic acids is 1. The Bertz CT molecular complexity index is 1070. The largest absolute Gasteiger partial charge is 0.497 e. The number of fused-ring (bicyclic) bond motifs is 1. The summed E-state index contributed by atoms with van der Waals surface area (Å²) in [6.45, 7) is 0. The van der Waals surface area contributed by atoms with E-state index in [0.717, 1.165) is 22.1 Å². The van der Waals surface area contributed by atoms with Crippen LogP contribution in [0.2, 0.25) is 0 Å². The van der Waals surface area contributed by atoms with E-state index in [4.69, 9.17) is 4.74 Å². The highest BCUT2D eigenvalue weighted by Crippen LogP contribution is 2.25. The van der Waals surface area contributed by atoms with Crippen LogP contribution < -0.4 is 10.1 Å². The van der Waals surface area contributed by atoms with Crippen LogP contribution in [0.15, 0.2) is 85.3 Å². The highest BCUT2D eigenvalue weighted by atomic mass is 16.5. The molecule has 1 N–H and O–H groups in total. The second-order valence-electron chi connectivity index (χ2n) is 6.59. The number of aromatic nitrogens is 2. The fourth-order valence-electron chi connectivity index (χ4n) is 3.30. The summed E-state index contributed by atoms with van der Waals surface area (Å²) in [5, 5.41) is 5.02. The fourth-order valence-corrected chi connectivity index (χ4v) is 3.30. The lowest BCUT2D eigenvalue weighted by Crippen LogP contribution is -2.20. The van der Waals surface area contributed by atoms with Crippen LogP contribution >= 0.6 is 0 Å². The van der Waals surface area contributed by atoms with Gasteiger partial charge in [-0.05, 0) is 41.3 Å². The second kappa shape index (κ2) is 7.96. The third-order valence-corrected chi connectivity index (χ3v) is 4.77. The standard InChI is InChI=1S/C23H21N3O2/c1-28-20-10-8-17(9-11-20)21(26-12-4-5-13-26)15-23(27)25-22-14-18-6-2-3-7-19(18)16-24-22/h2-14,16,21H,15H2,1H3,(H,24,25,27). The lowest BCUT2D eigenvalue weighted by Gasteiger charge is -2.19. The normalized spacial score (nSPS) is 11.9. The summed E-state index contributed by atoms with van der Waals surface area (Å²) in [5.74, 6) is 1.27. The molecule has 0 aliphatic carbocycles. The number of nitrogens with one attached hydrogen (secondary N) is 1. The molecule has 0 spiro atoms. The van der Waals surface area contributed by atoms with E-state index in [1.165, 1.54) is 0 Å². The maximum absolute atomic E-state index is 12.8. The first kappa shape index (κ1) is 17.8. The number of benzene rings is 2. The van der Waals surface area contributed by atoms with Gasteiger partial charge in [0.05, 0.1) is 19.6 Å². The minimum absolute atomic E-state index is 0.0858. The van der Waals surface area contributed by atoms with Crippen molar-refractivity contribution in [2.24, 2.45) is 0 Å². The molecule has 28 heavy (non-hydrogen) atoms. The van der Waals surface area contributed by atoms with E-state index >= 15 is 0 Å². The predicted octanol–water partition coefficient (Wildman–Crippen LogP) is 4.66. The van der Waals surface area contributed by atoms with Crippen molar-refractivity contribution in [2.45, 2.75) is 12.5 Å². The Morgan fingerprint density at radius 2 is 1.75 bits per heavy atom. The second-order valence-corrected chi connectivity index (χ2v) is 6.59. The lowest BCUT2D eigenvalue weighted by molar-refractivity contribution is -0.116. The Balaban J connectivity index is 1.54. The summed E-state index contributed by atoms with van der Waals surface area (Å²) in [4.78, 5) is 17.1. The van der Waals surface area contributed by atoms with Gasteiger partial charge >= 0.3 is 0 Å². The van der Waals surface area contributed by atoms with Gasteiger partial charge in [0.1, 0.15) is 11.6 Å². The smallest absolute Gasteiger partial charge is 0.227 e. The summed E-state index contributed by atoms with van der Waals surface area (Å²) < 4.78 is 7.28. The van der Waals surface area contributed by atoms with Crippen LogP contribution in [0.25, 0.3) is 10.8 Å². The predicted molar refractivity (Wildman–Crippen MR) is 111 cm³/mol. The van der Waals surface area contributed by atoms with Crippen LogP contribution in [0.4, 0.5) is 5.82 Å². The number of ether oxygens (including phenoxy) is 1. The molecule has 0 aliphatic heterocycles. The van der Waals surface area contributed by atoms with Crippen molar-refractivity contribution in [3.63, 3.8) is 0 Å². The number of rotatable bonds is 6. The molecule has 1 atom stereocenters. The summed E-state index contributed by atoms with van der Waals surface area (Å²) in [5.41, 5.74) is 1.04. The Kier molecular flexibility index (Phi) is 5.06. The summed E-state index contributed by atoms with van der Waals surface area (Å²) >= 11 is 0. The maximum atomic E-state index is 12.8. The number of methoxy groups -OCH3 is 1. The molecule has 0 saturated heterocycles. The van der Waals surface area contributed by atoms with Gasteiger partial charge in [0.25, 0.3) is 0 Å².